The van der Waals surface area contributed by atoms with Crippen LogP contribution in [0.15, 0.2) is 41.5 Å². The topological polar surface area (TPSA) is 66.7 Å². The highest BCUT2D eigenvalue weighted by molar-refractivity contribution is 5.79. The monoisotopic (exact) mass is 402 g/mol. The van der Waals surface area contributed by atoms with Crippen molar-refractivity contribution in [3.63, 3.8) is 0 Å². The van der Waals surface area contributed by atoms with Crippen LogP contribution in [0.2, 0.25) is 0 Å². The average molecular weight is 403 g/mol. The minimum absolute atomic E-state index is 0.245. The van der Waals surface area contributed by atoms with Crippen molar-refractivity contribution < 1.29 is 9.13 Å². The summed E-state index contributed by atoms with van der Waals surface area (Å²) in [5, 5.41) is 11.2. The van der Waals surface area contributed by atoms with Crippen LogP contribution in [0.5, 0.6) is 0 Å². The Morgan fingerprint density at radius 1 is 1.17 bits per heavy atom. The van der Waals surface area contributed by atoms with Crippen LogP contribution in [0, 0.1) is 5.82 Å². The Morgan fingerprint density at radius 2 is 1.97 bits per heavy atom. The van der Waals surface area contributed by atoms with Crippen molar-refractivity contribution in [3.05, 3.63) is 48.0 Å². The third-order valence-electron chi connectivity index (χ3n) is 4.76. The standard InChI is InChI=1S/C21H31FN6O/c1-2-23-21(24-10-3-12-27-14-16-29-17-15-27)25-11-8-19-9-13-28(26-19)20-6-4-18(22)5-7-20/h4-7,9,13H,2-3,8,10-12,14-17H2,1H3,(H2,23,24,25). The number of hydrogen-bond donors (Lipinski definition) is 2. The summed E-state index contributed by atoms with van der Waals surface area (Å²) < 4.78 is 20.2. The van der Waals surface area contributed by atoms with Crippen molar-refractivity contribution in [1.29, 1.82) is 0 Å². The van der Waals surface area contributed by atoms with Gasteiger partial charge >= 0.3 is 0 Å². The Morgan fingerprint density at radius 3 is 2.72 bits per heavy atom. The minimum atomic E-state index is -0.245. The van der Waals surface area contributed by atoms with E-state index in [4.69, 9.17) is 4.74 Å². The number of guanidine groups is 1. The van der Waals surface area contributed by atoms with Crippen LogP contribution in [0.3, 0.4) is 0 Å². The van der Waals surface area contributed by atoms with Gasteiger partial charge in [-0.25, -0.2) is 9.07 Å². The Bertz CT molecular complexity index is 755. The van der Waals surface area contributed by atoms with E-state index >= 15 is 0 Å². The van der Waals surface area contributed by atoms with E-state index in [9.17, 15) is 4.39 Å². The summed E-state index contributed by atoms with van der Waals surface area (Å²) in [6, 6.07) is 8.30. The molecule has 0 spiro atoms. The number of nitrogens with zero attached hydrogens (tertiary/aromatic N) is 4. The van der Waals surface area contributed by atoms with Crippen molar-refractivity contribution in [1.82, 2.24) is 25.3 Å². The van der Waals surface area contributed by atoms with Crippen LogP contribution < -0.4 is 10.6 Å². The smallest absolute Gasteiger partial charge is 0.191 e. The fourth-order valence-electron chi connectivity index (χ4n) is 3.19. The van der Waals surface area contributed by atoms with Crippen LogP contribution >= 0.6 is 0 Å². The summed E-state index contributed by atoms with van der Waals surface area (Å²) in [6.07, 6.45) is 3.72. The molecule has 1 aliphatic heterocycles. The molecule has 0 aliphatic carbocycles. The van der Waals surface area contributed by atoms with E-state index < -0.39 is 0 Å². The van der Waals surface area contributed by atoms with Gasteiger partial charge in [0.2, 0.25) is 0 Å². The van der Waals surface area contributed by atoms with Gasteiger partial charge in [0.25, 0.3) is 0 Å². The fraction of sp³-hybridized carbons (Fsp3) is 0.524. The van der Waals surface area contributed by atoms with Gasteiger partial charge in [0.05, 0.1) is 24.6 Å². The molecule has 2 heterocycles. The predicted octanol–water partition coefficient (Wildman–Crippen LogP) is 1.83. The lowest BCUT2D eigenvalue weighted by Crippen LogP contribution is -2.39. The molecule has 29 heavy (non-hydrogen) atoms. The number of benzene rings is 1. The fourth-order valence-corrected chi connectivity index (χ4v) is 3.19. The molecule has 1 aromatic heterocycles. The highest BCUT2D eigenvalue weighted by atomic mass is 19.1. The first-order chi connectivity index (χ1) is 14.2. The van der Waals surface area contributed by atoms with Crippen LogP contribution in [0.4, 0.5) is 4.39 Å². The zero-order chi connectivity index (χ0) is 20.3. The first kappa shape index (κ1) is 21.3. The van der Waals surface area contributed by atoms with Gasteiger partial charge < -0.3 is 15.4 Å². The SMILES string of the molecule is CCNC(=NCCCN1CCOCC1)NCCc1ccn(-c2ccc(F)cc2)n1. The lowest BCUT2D eigenvalue weighted by Gasteiger charge is -2.26. The number of rotatable bonds is 9. The third-order valence-corrected chi connectivity index (χ3v) is 4.76. The molecule has 0 atom stereocenters. The molecule has 0 radical (unpaired) electrons. The van der Waals surface area contributed by atoms with Gasteiger partial charge in [-0.2, -0.15) is 5.10 Å². The van der Waals surface area contributed by atoms with E-state index in [-0.39, 0.29) is 5.82 Å². The molecule has 8 heteroatoms. The van der Waals surface area contributed by atoms with E-state index in [2.05, 4.69) is 32.5 Å². The molecule has 1 saturated heterocycles. The van der Waals surface area contributed by atoms with Gasteiger partial charge in [-0.05, 0) is 43.7 Å². The van der Waals surface area contributed by atoms with Crippen LogP contribution in [-0.2, 0) is 11.2 Å². The molecule has 2 N–H and O–H groups in total. The largest absolute Gasteiger partial charge is 0.379 e. The molecular formula is C21H31FN6O. The van der Waals surface area contributed by atoms with Crippen LogP contribution in [-0.4, -0.2) is 73.1 Å². The molecule has 0 unspecified atom stereocenters. The van der Waals surface area contributed by atoms with Crippen LogP contribution in [0.1, 0.15) is 19.0 Å². The summed E-state index contributed by atoms with van der Waals surface area (Å²) in [5.41, 5.74) is 1.82. The summed E-state index contributed by atoms with van der Waals surface area (Å²) in [5.74, 6) is 0.595. The van der Waals surface area contributed by atoms with Gasteiger partial charge in [0.15, 0.2) is 5.96 Å². The van der Waals surface area contributed by atoms with E-state index in [1.54, 1.807) is 16.8 Å². The van der Waals surface area contributed by atoms with Gasteiger partial charge in [0, 0.05) is 51.9 Å². The molecule has 3 rings (SSSR count). The summed E-state index contributed by atoms with van der Waals surface area (Å²) in [4.78, 5) is 7.09. The normalized spacial score (nSPS) is 15.4. The number of halogens is 1. The molecule has 0 amide bonds. The lowest BCUT2D eigenvalue weighted by atomic mass is 10.3. The Kier molecular flexibility index (Phi) is 8.45. The van der Waals surface area contributed by atoms with Crippen molar-refractivity contribution in [3.8, 4) is 5.69 Å². The number of morpholine rings is 1. The third kappa shape index (κ3) is 7.14. The second kappa shape index (κ2) is 11.5. The number of aromatic nitrogens is 2. The first-order valence-corrected chi connectivity index (χ1v) is 10.4. The lowest BCUT2D eigenvalue weighted by molar-refractivity contribution is 0.0377. The molecule has 158 valence electrons. The maximum atomic E-state index is 13.1. The Labute approximate surface area is 172 Å². The van der Waals surface area contributed by atoms with Crippen molar-refractivity contribution in [2.24, 2.45) is 4.99 Å². The second-order valence-corrected chi connectivity index (χ2v) is 6.97. The summed E-state index contributed by atoms with van der Waals surface area (Å²) in [6.45, 7) is 9.21. The molecule has 1 fully saturated rings. The number of aliphatic imine (C=N–C) groups is 1. The van der Waals surface area contributed by atoms with E-state index in [1.807, 2.05) is 12.3 Å². The molecule has 1 aliphatic rings. The highest BCUT2D eigenvalue weighted by Crippen LogP contribution is 2.09. The Hall–Kier alpha value is -2.45. The van der Waals surface area contributed by atoms with Gasteiger partial charge in [-0.3, -0.25) is 9.89 Å². The van der Waals surface area contributed by atoms with Gasteiger partial charge in [0.1, 0.15) is 5.82 Å². The number of hydrogen-bond acceptors (Lipinski definition) is 4. The molecule has 0 saturated carbocycles. The summed E-state index contributed by atoms with van der Waals surface area (Å²) in [7, 11) is 0. The van der Waals surface area contributed by atoms with Gasteiger partial charge in [-0.1, -0.05) is 0 Å². The quantitative estimate of drug-likeness (QED) is 0.381. The molecule has 7 nitrogen and oxygen atoms in total. The van der Waals surface area contributed by atoms with Crippen molar-refractivity contribution in [2.75, 3.05) is 52.5 Å². The van der Waals surface area contributed by atoms with E-state index in [0.29, 0.717) is 0 Å². The van der Waals surface area contributed by atoms with Crippen molar-refractivity contribution >= 4 is 5.96 Å². The van der Waals surface area contributed by atoms with E-state index in [0.717, 1.165) is 82.7 Å². The highest BCUT2D eigenvalue weighted by Gasteiger charge is 2.09. The first-order valence-electron chi connectivity index (χ1n) is 10.4. The number of nitrogens with one attached hydrogen (secondary N) is 2. The van der Waals surface area contributed by atoms with Crippen molar-refractivity contribution in [2.45, 2.75) is 19.8 Å². The molecule has 0 bridgehead atoms. The zero-order valence-corrected chi connectivity index (χ0v) is 17.1. The Balaban J connectivity index is 1.41. The molecular weight excluding hydrogens is 371 g/mol. The zero-order valence-electron chi connectivity index (χ0n) is 17.1. The van der Waals surface area contributed by atoms with Gasteiger partial charge in [-0.15, -0.1) is 0 Å². The van der Waals surface area contributed by atoms with E-state index in [1.165, 1.54) is 12.1 Å². The number of ether oxygens (including phenoxy) is 1. The molecule has 1 aromatic carbocycles. The predicted molar refractivity (Wildman–Crippen MR) is 113 cm³/mol. The summed E-state index contributed by atoms with van der Waals surface area (Å²) >= 11 is 0. The average Bonchev–Trinajstić information content (AvgIpc) is 3.21. The minimum Gasteiger partial charge on any atom is -0.379 e. The van der Waals surface area contributed by atoms with Crippen LogP contribution in [0.25, 0.3) is 5.69 Å². The molecule has 2 aromatic rings. The second-order valence-electron chi connectivity index (χ2n) is 6.97. The maximum absolute atomic E-state index is 13.1. The maximum Gasteiger partial charge on any atom is 0.191 e.